The van der Waals surface area contributed by atoms with Crippen LogP contribution in [0.15, 0.2) is 72.3 Å². The van der Waals surface area contributed by atoms with Gasteiger partial charge in [0.2, 0.25) is 0 Å². The summed E-state index contributed by atoms with van der Waals surface area (Å²) in [6.45, 7) is 5.05. The fraction of sp³-hybridized carbons (Fsp3) is 0.258. The van der Waals surface area contributed by atoms with E-state index in [1.807, 2.05) is 25.1 Å². The minimum atomic E-state index is -0.900. The van der Waals surface area contributed by atoms with Crippen LogP contribution in [0.2, 0.25) is 0 Å². The van der Waals surface area contributed by atoms with E-state index >= 15 is 0 Å². The Bertz CT molecular complexity index is 1580. The van der Waals surface area contributed by atoms with Crippen LogP contribution in [-0.2, 0) is 9.59 Å². The minimum Gasteiger partial charge on any atom is -0.507 e. The molecular weight excluding hydrogens is 528 g/mol. The quantitative estimate of drug-likeness (QED) is 0.103. The Kier molecular flexibility index (Phi) is 8.02. The first-order valence-electron chi connectivity index (χ1n) is 13.2. The van der Waals surface area contributed by atoms with Crippen LogP contribution in [-0.4, -0.2) is 42.1 Å². The molecule has 9 heteroatoms. The lowest BCUT2D eigenvalue weighted by Gasteiger charge is -2.23. The van der Waals surface area contributed by atoms with Crippen LogP contribution in [0.1, 0.15) is 43.9 Å². The Hall–Kier alpha value is -4.37. The maximum Gasteiger partial charge on any atom is 0.301 e. The van der Waals surface area contributed by atoms with Gasteiger partial charge in [-0.15, -0.1) is 0 Å². The van der Waals surface area contributed by atoms with Crippen LogP contribution < -0.4 is 19.1 Å². The normalized spacial score (nSPS) is 16.5. The average molecular weight is 559 g/mol. The zero-order valence-electron chi connectivity index (χ0n) is 22.5. The number of carbonyl (C=O) groups is 2. The molecule has 0 radical (unpaired) electrons. The van der Waals surface area contributed by atoms with Gasteiger partial charge in [0.05, 0.1) is 42.2 Å². The molecular formula is C31H30N2O6S. The minimum absolute atomic E-state index is 0.0184. The van der Waals surface area contributed by atoms with Crippen LogP contribution in [0.5, 0.6) is 17.2 Å². The largest absolute Gasteiger partial charge is 0.507 e. The van der Waals surface area contributed by atoms with Crippen molar-refractivity contribution in [2.45, 2.75) is 32.7 Å². The predicted octanol–water partition coefficient (Wildman–Crippen LogP) is 6.51. The van der Waals surface area contributed by atoms with E-state index in [0.717, 1.165) is 17.5 Å². The molecule has 4 aromatic rings. The standard InChI is InChI=1S/C31H30N2O6S/c1-4-6-16-39-22-9-7-8-20(17-22)28(34)26-27(19-10-12-21(37-3)13-11-19)33(30(36)29(26)35)31-32-24-15-14-23(38-5-2)18-25(24)40-31/h7-15,17-18,27,34H,4-6,16H2,1-3H3/b28-26+. The number of aromatic nitrogens is 1. The van der Waals surface area contributed by atoms with E-state index < -0.39 is 17.7 Å². The molecule has 3 aromatic carbocycles. The number of unbranched alkanes of at least 4 members (excludes halogenated alkanes) is 1. The molecule has 1 aliphatic heterocycles. The summed E-state index contributed by atoms with van der Waals surface area (Å²) in [7, 11) is 1.56. The van der Waals surface area contributed by atoms with Crippen molar-refractivity contribution in [1.29, 1.82) is 0 Å². The Morgan fingerprint density at radius 3 is 2.45 bits per heavy atom. The van der Waals surface area contributed by atoms with Crippen LogP contribution in [0.3, 0.4) is 0 Å². The van der Waals surface area contributed by atoms with E-state index in [0.29, 0.717) is 52.2 Å². The molecule has 1 unspecified atom stereocenters. The van der Waals surface area contributed by atoms with E-state index in [2.05, 4.69) is 11.9 Å². The van der Waals surface area contributed by atoms with Gasteiger partial charge in [-0.1, -0.05) is 48.9 Å². The third-order valence-corrected chi connectivity index (χ3v) is 7.63. The number of amides is 1. The molecule has 2 heterocycles. The van der Waals surface area contributed by atoms with E-state index in [-0.39, 0.29) is 11.3 Å². The monoisotopic (exact) mass is 558 g/mol. The van der Waals surface area contributed by atoms with E-state index in [4.69, 9.17) is 14.2 Å². The second-order valence-electron chi connectivity index (χ2n) is 9.23. The number of methoxy groups -OCH3 is 1. The number of fused-ring (bicyclic) bond motifs is 1. The number of anilines is 1. The van der Waals surface area contributed by atoms with Gasteiger partial charge in [0, 0.05) is 5.56 Å². The van der Waals surface area contributed by atoms with Crippen molar-refractivity contribution in [3.63, 3.8) is 0 Å². The number of aliphatic hydroxyl groups is 1. The summed E-state index contributed by atoms with van der Waals surface area (Å²) in [5.74, 6) is 0.0686. The highest BCUT2D eigenvalue weighted by Crippen LogP contribution is 2.45. The van der Waals surface area contributed by atoms with Gasteiger partial charge in [0.25, 0.3) is 5.78 Å². The van der Waals surface area contributed by atoms with E-state index in [1.54, 1.807) is 55.6 Å². The maximum absolute atomic E-state index is 13.6. The first kappa shape index (κ1) is 27.2. The number of carbonyl (C=O) groups excluding carboxylic acids is 2. The zero-order chi connectivity index (χ0) is 28.2. The van der Waals surface area contributed by atoms with Gasteiger partial charge < -0.3 is 19.3 Å². The van der Waals surface area contributed by atoms with Crippen LogP contribution in [0, 0.1) is 0 Å². The lowest BCUT2D eigenvalue weighted by molar-refractivity contribution is -0.132. The predicted molar refractivity (Wildman–Crippen MR) is 155 cm³/mol. The van der Waals surface area contributed by atoms with Gasteiger partial charge >= 0.3 is 5.91 Å². The third-order valence-electron chi connectivity index (χ3n) is 6.62. The molecule has 1 N–H and O–H groups in total. The summed E-state index contributed by atoms with van der Waals surface area (Å²) < 4.78 is 17.5. The average Bonchev–Trinajstić information content (AvgIpc) is 3.50. The Morgan fingerprint density at radius 1 is 0.975 bits per heavy atom. The molecule has 206 valence electrons. The van der Waals surface area contributed by atoms with E-state index in [1.165, 1.54) is 16.2 Å². The number of rotatable bonds is 10. The number of hydrogen-bond acceptors (Lipinski definition) is 8. The smallest absolute Gasteiger partial charge is 0.301 e. The number of nitrogens with zero attached hydrogens (tertiary/aromatic N) is 2. The van der Waals surface area contributed by atoms with Crippen LogP contribution >= 0.6 is 11.3 Å². The van der Waals surface area contributed by atoms with Gasteiger partial charge in [0.15, 0.2) is 5.13 Å². The van der Waals surface area contributed by atoms with Gasteiger partial charge in [-0.2, -0.15) is 0 Å². The molecule has 8 nitrogen and oxygen atoms in total. The van der Waals surface area contributed by atoms with Crippen molar-refractivity contribution < 1.29 is 28.9 Å². The molecule has 1 aromatic heterocycles. The topological polar surface area (TPSA) is 98.2 Å². The summed E-state index contributed by atoms with van der Waals surface area (Å²) in [5, 5.41) is 11.9. The summed E-state index contributed by atoms with van der Waals surface area (Å²) in [6, 6.07) is 18.6. The number of ketones is 1. The number of thiazole rings is 1. The molecule has 5 rings (SSSR count). The fourth-order valence-electron chi connectivity index (χ4n) is 4.61. The second-order valence-corrected chi connectivity index (χ2v) is 10.2. The zero-order valence-corrected chi connectivity index (χ0v) is 23.4. The Morgan fingerprint density at radius 2 is 1.73 bits per heavy atom. The fourth-order valence-corrected chi connectivity index (χ4v) is 5.63. The molecule has 1 saturated heterocycles. The number of Topliss-reactive ketones (excluding diaryl/α,β-unsaturated/α-hetero) is 1. The van der Waals surface area contributed by atoms with Crippen molar-refractivity contribution in [2.75, 3.05) is 25.2 Å². The maximum atomic E-state index is 13.6. The first-order chi connectivity index (χ1) is 19.4. The molecule has 40 heavy (non-hydrogen) atoms. The molecule has 1 aliphatic rings. The number of benzene rings is 3. The number of hydrogen-bond donors (Lipinski definition) is 1. The SMILES string of the molecule is CCCCOc1cccc(/C(O)=C2\C(=O)C(=O)N(c3nc4ccc(OCC)cc4s3)C2c2ccc(OC)cc2)c1. The van der Waals surface area contributed by atoms with Crippen molar-refractivity contribution in [3.05, 3.63) is 83.4 Å². The molecule has 0 aliphatic carbocycles. The van der Waals surface area contributed by atoms with Crippen molar-refractivity contribution in [3.8, 4) is 17.2 Å². The lowest BCUT2D eigenvalue weighted by Crippen LogP contribution is -2.29. The summed E-state index contributed by atoms with van der Waals surface area (Å²) in [6.07, 6.45) is 1.89. The van der Waals surface area contributed by atoms with Crippen molar-refractivity contribution in [1.82, 2.24) is 4.98 Å². The van der Waals surface area contributed by atoms with E-state index in [9.17, 15) is 14.7 Å². The summed E-state index contributed by atoms with van der Waals surface area (Å²) in [5.41, 5.74) is 1.67. The number of aliphatic hydroxyl groups excluding tert-OH is 1. The molecule has 1 atom stereocenters. The Balaban J connectivity index is 1.63. The van der Waals surface area contributed by atoms with Gasteiger partial charge in [0.1, 0.15) is 23.0 Å². The van der Waals surface area contributed by atoms with Crippen molar-refractivity contribution in [2.24, 2.45) is 0 Å². The van der Waals surface area contributed by atoms with Crippen LogP contribution in [0.25, 0.3) is 16.0 Å². The molecule has 0 saturated carbocycles. The van der Waals surface area contributed by atoms with Gasteiger partial charge in [-0.25, -0.2) is 4.98 Å². The highest BCUT2D eigenvalue weighted by Gasteiger charge is 2.48. The molecule has 0 bridgehead atoms. The van der Waals surface area contributed by atoms with Crippen molar-refractivity contribution >= 4 is 44.1 Å². The number of ether oxygens (including phenoxy) is 3. The molecule has 1 amide bonds. The lowest BCUT2D eigenvalue weighted by atomic mass is 9.95. The van der Waals surface area contributed by atoms with Gasteiger partial charge in [-0.3, -0.25) is 14.5 Å². The molecule has 0 spiro atoms. The van der Waals surface area contributed by atoms with Crippen LogP contribution in [0.4, 0.5) is 5.13 Å². The highest BCUT2D eigenvalue weighted by molar-refractivity contribution is 7.22. The third kappa shape index (κ3) is 5.24. The first-order valence-corrected chi connectivity index (χ1v) is 14.0. The summed E-state index contributed by atoms with van der Waals surface area (Å²) in [4.78, 5) is 33.2. The highest BCUT2D eigenvalue weighted by atomic mass is 32.1. The Labute approximate surface area is 236 Å². The second kappa shape index (κ2) is 11.8. The van der Waals surface area contributed by atoms with Gasteiger partial charge in [-0.05, 0) is 61.4 Å². The molecule has 1 fully saturated rings. The summed E-state index contributed by atoms with van der Waals surface area (Å²) >= 11 is 1.28.